The third-order valence-electron chi connectivity index (χ3n) is 5.34. The molecule has 0 radical (unpaired) electrons. The normalized spacial score (nSPS) is 17.4. The fourth-order valence-corrected chi connectivity index (χ4v) is 4.63. The van der Waals surface area contributed by atoms with Crippen molar-refractivity contribution < 1.29 is 9.00 Å². The van der Waals surface area contributed by atoms with Crippen molar-refractivity contribution in [3.63, 3.8) is 0 Å². The summed E-state index contributed by atoms with van der Waals surface area (Å²) in [6, 6.07) is 18.1. The van der Waals surface area contributed by atoms with E-state index < -0.39 is 10.8 Å². The molecule has 1 amide bonds. The molecule has 0 aliphatic heterocycles. The Kier molecular flexibility index (Phi) is 6.25. The predicted molar refractivity (Wildman–Crippen MR) is 108 cm³/mol. The van der Waals surface area contributed by atoms with E-state index in [4.69, 9.17) is 0 Å². The van der Waals surface area contributed by atoms with Crippen molar-refractivity contribution in [1.82, 2.24) is 5.32 Å². The number of nitrogens with one attached hydrogen (secondary N) is 1. The predicted octanol–water partition coefficient (Wildman–Crippen LogP) is 4.20. The smallest absolute Gasteiger partial charge is 0.251 e. The standard InChI is InChI=1S/C22H27NO2S/c1-26(25)16-18-9-8-10-19(15-18)21(24)23-17-22(13-6-3-7-14-22)20-11-4-2-5-12-20/h2,4-5,8-12,15H,3,6-7,13-14,16-17H2,1H3,(H,23,24)/t26-/m1/s1. The van der Waals surface area contributed by atoms with E-state index in [-0.39, 0.29) is 11.3 Å². The first-order valence-corrected chi connectivity index (χ1v) is 11.0. The number of amides is 1. The first kappa shape index (κ1) is 18.8. The van der Waals surface area contributed by atoms with Crippen molar-refractivity contribution in [2.75, 3.05) is 12.8 Å². The number of carbonyl (C=O) groups excluding carboxylic acids is 1. The lowest BCUT2D eigenvalue weighted by Crippen LogP contribution is -2.42. The van der Waals surface area contributed by atoms with E-state index in [1.165, 1.54) is 24.8 Å². The maximum Gasteiger partial charge on any atom is 0.251 e. The minimum absolute atomic E-state index is 0.0394. The maximum absolute atomic E-state index is 12.7. The molecule has 26 heavy (non-hydrogen) atoms. The van der Waals surface area contributed by atoms with E-state index in [2.05, 4.69) is 29.6 Å². The third-order valence-corrected chi connectivity index (χ3v) is 6.08. The van der Waals surface area contributed by atoms with Crippen LogP contribution in [0.4, 0.5) is 0 Å². The van der Waals surface area contributed by atoms with Crippen LogP contribution in [0.1, 0.15) is 53.6 Å². The summed E-state index contributed by atoms with van der Waals surface area (Å²) in [4.78, 5) is 12.7. The molecule has 0 saturated heterocycles. The summed E-state index contributed by atoms with van der Waals surface area (Å²) < 4.78 is 11.4. The van der Waals surface area contributed by atoms with Crippen LogP contribution in [0.2, 0.25) is 0 Å². The minimum Gasteiger partial charge on any atom is -0.351 e. The molecule has 1 atom stereocenters. The minimum atomic E-state index is -0.909. The van der Waals surface area contributed by atoms with Crippen LogP contribution in [0.3, 0.4) is 0 Å². The Hall–Kier alpha value is -1.94. The van der Waals surface area contributed by atoms with E-state index in [1.807, 2.05) is 30.3 Å². The van der Waals surface area contributed by atoms with E-state index in [0.29, 0.717) is 17.9 Å². The Morgan fingerprint density at radius 3 is 2.46 bits per heavy atom. The number of carbonyl (C=O) groups is 1. The Balaban J connectivity index is 1.73. The van der Waals surface area contributed by atoms with Crippen LogP contribution >= 0.6 is 0 Å². The van der Waals surface area contributed by atoms with E-state index in [1.54, 1.807) is 6.26 Å². The summed E-state index contributed by atoms with van der Waals surface area (Å²) in [5, 5.41) is 3.17. The number of rotatable bonds is 6. The highest BCUT2D eigenvalue weighted by Crippen LogP contribution is 2.38. The Bertz CT molecular complexity index is 767. The average molecular weight is 370 g/mol. The van der Waals surface area contributed by atoms with Gasteiger partial charge in [-0.15, -0.1) is 0 Å². The summed E-state index contributed by atoms with van der Waals surface area (Å²) in [7, 11) is -0.909. The lowest BCUT2D eigenvalue weighted by atomic mass is 9.69. The topological polar surface area (TPSA) is 46.2 Å². The van der Waals surface area contributed by atoms with Gasteiger partial charge in [0.15, 0.2) is 0 Å². The second kappa shape index (κ2) is 8.63. The average Bonchev–Trinajstić information content (AvgIpc) is 2.67. The van der Waals surface area contributed by atoms with Gasteiger partial charge in [0.25, 0.3) is 5.91 Å². The highest BCUT2D eigenvalue weighted by Gasteiger charge is 2.34. The summed E-state index contributed by atoms with van der Waals surface area (Å²) in [5.74, 6) is 0.435. The zero-order chi connectivity index (χ0) is 18.4. The van der Waals surface area contributed by atoms with Crippen LogP contribution in [0, 0.1) is 0 Å². The summed E-state index contributed by atoms with van der Waals surface area (Å²) in [6.45, 7) is 0.666. The molecule has 2 aromatic rings. The monoisotopic (exact) mass is 369 g/mol. The second-order valence-electron chi connectivity index (χ2n) is 7.31. The van der Waals surface area contributed by atoms with Gasteiger partial charge in [-0.25, -0.2) is 0 Å². The van der Waals surface area contributed by atoms with Gasteiger partial charge in [-0.1, -0.05) is 61.7 Å². The molecule has 1 saturated carbocycles. The number of hydrogen-bond acceptors (Lipinski definition) is 2. The summed E-state index contributed by atoms with van der Waals surface area (Å²) in [6.07, 6.45) is 7.61. The maximum atomic E-state index is 12.7. The molecule has 3 nitrogen and oxygen atoms in total. The second-order valence-corrected chi connectivity index (χ2v) is 8.74. The molecule has 0 aromatic heterocycles. The first-order valence-electron chi connectivity index (χ1n) is 9.32. The Morgan fingerprint density at radius 1 is 1.04 bits per heavy atom. The molecule has 1 fully saturated rings. The molecule has 2 aromatic carbocycles. The van der Waals surface area contributed by atoms with Crippen molar-refractivity contribution >= 4 is 16.7 Å². The lowest BCUT2D eigenvalue weighted by Gasteiger charge is -2.38. The van der Waals surface area contributed by atoms with Gasteiger partial charge in [-0.2, -0.15) is 0 Å². The molecule has 3 rings (SSSR count). The molecular formula is C22H27NO2S. The SMILES string of the molecule is C[S@@](=O)Cc1cccc(C(=O)NCC2(c3ccccc3)CCCCC2)c1. The fraction of sp³-hybridized carbons (Fsp3) is 0.409. The molecule has 1 aliphatic rings. The van der Waals surface area contributed by atoms with Crippen LogP contribution in [0.25, 0.3) is 0 Å². The van der Waals surface area contributed by atoms with Gasteiger partial charge in [0.05, 0.1) is 0 Å². The molecule has 1 N–H and O–H groups in total. The van der Waals surface area contributed by atoms with Gasteiger partial charge in [0.2, 0.25) is 0 Å². The zero-order valence-corrected chi connectivity index (χ0v) is 16.2. The molecule has 0 bridgehead atoms. The van der Waals surface area contributed by atoms with Crippen LogP contribution in [0.5, 0.6) is 0 Å². The van der Waals surface area contributed by atoms with Gasteiger partial charge in [0, 0.05) is 40.3 Å². The molecule has 0 heterocycles. The molecular weight excluding hydrogens is 342 g/mol. The van der Waals surface area contributed by atoms with Crippen molar-refractivity contribution in [1.29, 1.82) is 0 Å². The third kappa shape index (κ3) is 4.61. The zero-order valence-electron chi connectivity index (χ0n) is 15.4. The fourth-order valence-electron chi connectivity index (χ4n) is 3.98. The molecule has 138 valence electrons. The largest absolute Gasteiger partial charge is 0.351 e. The van der Waals surface area contributed by atoms with Gasteiger partial charge in [0.1, 0.15) is 0 Å². The highest BCUT2D eigenvalue weighted by molar-refractivity contribution is 7.83. The van der Waals surface area contributed by atoms with Crippen molar-refractivity contribution in [2.24, 2.45) is 0 Å². The van der Waals surface area contributed by atoms with E-state index in [9.17, 15) is 9.00 Å². The van der Waals surface area contributed by atoms with Crippen molar-refractivity contribution in [2.45, 2.75) is 43.3 Å². The van der Waals surface area contributed by atoms with Crippen LogP contribution in [-0.2, 0) is 22.0 Å². The van der Waals surface area contributed by atoms with Crippen molar-refractivity contribution in [3.05, 3.63) is 71.3 Å². The Labute approximate surface area is 158 Å². The van der Waals surface area contributed by atoms with Gasteiger partial charge < -0.3 is 5.32 Å². The molecule has 1 aliphatic carbocycles. The number of benzene rings is 2. The number of hydrogen-bond donors (Lipinski definition) is 1. The summed E-state index contributed by atoms with van der Waals surface area (Å²) in [5.41, 5.74) is 2.95. The molecule has 4 heteroatoms. The molecule has 0 unspecified atom stereocenters. The van der Waals surface area contributed by atoms with Crippen molar-refractivity contribution in [3.8, 4) is 0 Å². The summed E-state index contributed by atoms with van der Waals surface area (Å²) >= 11 is 0. The van der Waals surface area contributed by atoms with Crippen LogP contribution in [0.15, 0.2) is 54.6 Å². The Morgan fingerprint density at radius 2 is 1.77 bits per heavy atom. The van der Waals surface area contributed by atoms with E-state index in [0.717, 1.165) is 18.4 Å². The van der Waals surface area contributed by atoms with Gasteiger partial charge in [-0.3, -0.25) is 9.00 Å². The van der Waals surface area contributed by atoms with E-state index >= 15 is 0 Å². The first-order chi connectivity index (χ1) is 12.6. The van der Waals surface area contributed by atoms with Crippen LogP contribution < -0.4 is 5.32 Å². The quantitative estimate of drug-likeness (QED) is 0.829. The highest BCUT2D eigenvalue weighted by atomic mass is 32.2. The molecule has 0 spiro atoms. The lowest BCUT2D eigenvalue weighted by molar-refractivity contribution is 0.0936. The van der Waals surface area contributed by atoms with Gasteiger partial charge in [-0.05, 0) is 36.1 Å². The van der Waals surface area contributed by atoms with Gasteiger partial charge >= 0.3 is 0 Å². The van der Waals surface area contributed by atoms with Crippen LogP contribution in [-0.4, -0.2) is 22.9 Å².